The Morgan fingerprint density at radius 2 is 1.72 bits per heavy atom. The number of amides is 1. The largest absolute Gasteiger partial charge is 0.361 e. The van der Waals surface area contributed by atoms with Gasteiger partial charge in [0.2, 0.25) is 5.91 Å². The third-order valence-electron chi connectivity index (χ3n) is 6.88. The van der Waals surface area contributed by atoms with Crippen molar-refractivity contribution in [3.63, 3.8) is 0 Å². The summed E-state index contributed by atoms with van der Waals surface area (Å²) >= 11 is 0. The Bertz CT molecular complexity index is 1100. The van der Waals surface area contributed by atoms with E-state index in [-0.39, 0.29) is 11.8 Å². The van der Waals surface area contributed by atoms with Crippen molar-refractivity contribution in [1.82, 2.24) is 14.8 Å². The van der Waals surface area contributed by atoms with Gasteiger partial charge in [-0.2, -0.15) is 0 Å². The summed E-state index contributed by atoms with van der Waals surface area (Å²) in [6, 6.07) is 15.3. The first kappa shape index (κ1) is 22.3. The molecular formula is C28H35N3O. The Morgan fingerprint density at radius 3 is 2.34 bits per heavy atom. The van der Waals surface area contributed by atoms with Crippen molar-refractivity contribution < 1.29 is 4.79 Å². The van der Waals surface area contributed by atoms with Crippen LogP contribution < -0.4 is 0 Å². The second-order valence-corrected chi connectivity index (χ2v) is 9.10. The summed E-state index contributed by atoms with van der Waals surface area (Å²) in [6.45, 7) is 10.7. The molecule has 0 fully saturated rings. The average Bonchev–Trinajstić information content (AvgIpc) is 3.22. The van der Waals surface area contributed by atoms with Gasteiger partial charge >= 0.3 is 0 Å². The van der Waals surface area contributed by atoms with Crippen LogP contribution in [0.1, 0.15) is 36.1 Å². The number of fused-ring (bicyclic) bond motifs is 2. The van der Waals surface area contributed by atoms with Crippen LogP contribution in [0, 0.1) is 19.8 Å². The van der Waals surface area contributed by atoms with Crippen molar-refractivity contribution >= 4 is 22.4 Å². The number of benzene rings is 2. The van der Waals surface area contributed by atoms with Gasteiger partial charge in [-0.25, -0.2) is 0 Å². The predicted molar refractivity (Wildman–Crippen MR) is 134 cm³/mol. The minimum atomic E-state index is -0.0445. The molecule has 0 spiro atoms. The van der Waals surface area contributed by atoms with E-state index in [0.29, 0.717) is 6.04 Å². The van der Waals surface area contributed by atoms with Crippen LogP contribution in [0.15, 0.2) is 54.7 Å². The smallest absolute Gasteiger partial charge is 0.230 e. The third kappa shape index (κ3) is 4.24. The van der Waals surface area contributed by atoms with Gasteiger partial charge < -0.3 is 9.88 Å². The van der Waals surface area contributed by atoms with E-state index in [9.17, 15) is 4.79 Å². The normalized spacial score (nSPS) is 19.6. The summed E-state index contributed by atoms with van der Waals surface area (Å²) in [5, 5.41) is 1.34. The summed E-state index contributed by atoms with van der Waals surface area (Å²) in [7, 11) is 2.15. The minimum Gasteiger partial charge on any atom is -0.361 e. The van der Waals surface area contributed by atoms with Gasteiger partial charge in [0.25, 0.3) is 0 Å². The molecule has 5 rings (SSSR count). The molecule has 0 bridgehead atoms. The highest BCUT2D eigenvalue weighted by Crippen LogP contribution is 2.40. The molecule has 168 valence electrons. The molecule has 0 unspecified atom stereocenters. The van der Waals surface area contributed by atoms with E-state index in [1.165, 1.54) is 38.7 Å². The van der Waals surface area contributed by atoms with Gasteiger partial charge in [-0.1, -0.05) is 53.6 Å². The molecule has 4 nitrogen and oxygen atoms in total. The minimum absolute atomic E-state index is 0.0445. The van der Waals surface area contributed by atoms with Gasteiger partial charge in [0, 0.05) is 42.8 Å². The van der Waals surface area contributed by atoms with Crippen molar-refractivity contribution in [2.75, 3.05) is 26.7 Å². The fourth-order valence-corrected chi connectivity index (χ4v) is 5.01. The highest BCUT2D eigenvalue weighted by molar-refractivity contribution is 5.99. The molecular weight excluding hydrogens is 394 g/mol. The predicted octanol–water partition coefficient (Wildman–Crippen LogP) is 5.21. The lowest BCUT2D eigenvalue weighted by atomic mass is 9.79. The summed E-state index contributed by atoms with van der Waals surface area (Å²) in [5.74, 6) is 0.210. The summed E-state index contributed by atoms with van der Waals surface area (Å²) in [5.41, 5.74) is 7.87. The van der Waals surface area contributed by atoms with E-state index in [1.807, 2.05) is 4.90 Å². The number of hydrogen-bond acceptors (Lipinski definition) is 2. The standard InChI is InChI=1S/C20H25N3O.C8H10/c1-4-23(5-2)20(24)14-9-16-15-7-6-8-17-19(15)13(11-21-17)10-18(16)22(3)12-14;1-7-3-5-8(2)6-4-7/h6-9,11,14,18,21H,4-5,10,12H2,1-3H3;3-6H,1-2H3/t14-,18-;/m1./s1. The Kier molecular flexibility index (Phi) is 6.52. The van der Waals surface area contributed by atoms with Gasteiger partial charge in [0.1, 0.15) is 0 Å². The zero-order chi connectivity index (χ0) is 22.8. The van der Waals surface area contributed by atoms with Crippen LogP contribution in [0.4, 0.5) is 0 Å². The Balaban J connectivity index is 0.000000260. The van der Waals surface area contributed by atoms with Crippen LogP contribution in [0.2, 0.25) is 0 Å². The monoisotopic (exact) mass is 429 g/mol. The first-order valence-electron chi connectivity index (χ1n) is 11.8. The quantitative estimate of drug-likeness (QED) is 0.621. The molecule has 2 atom stereocenters. The Morgan fingerprint density at radius 1 is 1.06 bits per heavy atom. The molecule has 0 radical (unpaired) electrons. The zero-order valence-corrected chi connectivity index (χ0v) is 20.0. The van der Waals surface area contributed by atoms with Gasteiger partial charge in [0.05, 0.1) is 5.92 Å². The van der Waals surface area contributed by atoms with Crippen LogP contribution in [-0.2, 0) is 11.2 Å². The lowest BCUT2D eigenvalue weighted by Gasteiger charge is -2.40. The summed E-state index contributed by atoms with van der Waals surface area (Å²) < 4.78 is 0. The number of aromatic nitrogens is 1. The first-order chi connectivity index (χ1) is 15.4. The maximum absolute atomic E-state index is 12.9. The van der Waals surface area contributed by atoms with Crippen LogP contribution in [0.3, 0.4) is 0 Å². The maximum atomic E-state index is 12.9. The van der Waals surface area contributed by atoms with Crippen molar-refractivity contribution in [2.45, 2.75) is 40.2 Å². The number of carbonyl (C=O) groups excluding carboxylic acids is 1. The number of aryl methyl sites for hydroxylation is 2. The molecule has 0 saturated carbocycles. The fraction of sp³-hybridized carbons (Fsp3) is 0.393. The first-order valence-corrected chi connectivity index (χ1v) is 11.8. The van der Waals surface area contributed by atoms with Crippen molar-refractivity contribution in [1.29, 1.82) is 0 Å². The van der Waals surface area contributed by atoms with E-state index in [0.717, 1.165) is 26.1 Å². The maximum Gasteiger partial charge on any atom is 0.230 e. The van der Waals surface area contributed by atoms with Crippen molar-refractivity contribution in [3.8, 4) is 0 Å². The summed E-state index contributed by atoms with van der Waals surface area (Å²) in [6.07, 6.45) is 5.41. The Labute approximate surface area is 191 Å². The molecule has 1 amide bonds. The molecule has 1 N–H and O–H groups in total. The summed E-state index contributed by atoms with van der Waals surface area (Å²) in [4.78, 5) is 20.6. The molecule has 2 heterocycles. The number of nitrogens with zero attached hydrogens (tertiary/aromatic N) is 2. The molecule has 32 heavy (non-hydrogen) atoms. The van der Waals surface area contributed by atoms with Gasteiger partial charge in [-0.15, -0.1) is 0 Å². The highest BCUT2D eigenvalue weighted by atomic mass is 16.2. The molecule has 1 aromatic heterocycles. The average molecular weight is 430 g/mol. The number of aromatic amines is 1. The second-order valence-electron chi connectivity index (χ2n) is 9.10. The van der Waals surface area contributed by atoms with E-state index in [1.54, 1.807) is 0 Å². The SMILES string of the molecule is CCN(CC)C(=O)[C@@H]1C=C2c3cccc4[nH]cc(c34)C[C@H]2N(C)C1.Cc1ccc(C)cc1. The highest BCUT2D eigenvalue weighted by Gasteiger charge is 2.36. The van der Waals surface area contributed by atoms with Crippen LogP contribution in [0.5, 0.6) is 0 Å². The van der Waals surface area contributed by atoms with Gasteiger partial charge in [-0.05, 0) is 63.9 Å². The molecule has 4 heteroatoms. The molecule has 1 aliphatic carbocycles. The number of carbonyl (C=O) groups is 1. The molecule has 0 saturated heterocycles. The third-order valence-corrected chi connectivity index (χ3v) is 6.88. The topological polar surface area (TPSA) is 39.3 Å². The molecule has 1 aliphatic heterocycles. The number of H-pyrrole nitrogens is 1. The zero-order valence-electron chi connectivity index (χ0n) is 20.0. The second kappa shape index (κ2) is 9.33. The molecule has 2 aromatic carbocycles. The van der Waals surface area contributed by atoms with Gasteiger partial charge in [-0.3, -0.25) is 9.69 Å². The van der Waals surface area contributed by atoms with E-state index >= 15 is 0 Å². The number of nitrogens with one attached hydrogen (secondary N) is 1. The number of rotatable bonds is 3. The van der Waals surface area contributed by atoms with Crippen LogP contribution in [-0.4, -0.2) is 53.4 Å². The van der Waals surface area contributed by atoms with Crippen LogP contribution >= 0.6 is 0 Å². The Hall–Kier alpha value is -2.85. The van der Waals surface area contributed by atoms with Crippen molar-refractivity contribution in [2.24, 2.45) is 5.92 Å². The van der Waals surface area contributed by atoms with E-state index in [2.05, 4.69) is 99.4 Å². The van der Waals surface area contributed by atoms with Gasteiger partial charge in [0.15, 0.2) is 0 Å². The lowest BCUT2D eigenvalue weighted by molar-refractivity contribution is -0.134. The molecule has 3 aromatic rings. The van der Waals surface area contributed by atoms with E-state index < -0.39 is 0 Å². The number of likely N-dealkylation sites (N-methyl/N-ethyl adjacent to an activating group) is 1. The lowest BCUT2D eigenvalue weighted by Crippen LogP contribution is -2.47. The number of hydrogen-bond donors (Lipinski definition) is 1. The fourth-order valence-electron chi connectivity index (χ4n) is 5.01. The van der Waals surface area contributed by atoms with E-state index in [4.69, 9.17) is 0 Å². The van der Waals surface area contributed by atoms with Crippen molar-refractivity contribution in [3.05, 3.63) is 77.0 Å². The van der Waals surface area contributed by atoms with Crippen LogP contribution in [0.25, 0.3) is 16.5 Å². The molecule has 2 aliphatic rings.